The number of aryl methyl sites for hydroxylation is 1. The third-order valence-electron chi connectivity index (χ3n) is 1.85. The lowest BCUT2D eigenvalue weighted by Crippen LogP contribution is -1.99. The van der Waals surface area contributed by atoms with E-state index in [0.29, 0.717) is 16.5 Å². The van der Waals surface area contributed by atoms with E-state index in [2.05, 4.69) is 22.9 Å². The monoisotopic (exact) mass is 229 g/mol. The van der Waals surface area contributed by atoms with Crippen LogP contribution in [-0.2, 0) is 0 Å². The maximum absolute atomic E-state index is 13.4. The van der Waals surface area contributed by atoms with Gasteiger partial charge in [-0.3, -0.25) is 0 Å². The molecule has 1 aromatic rings. The molecule has 1 aromatic carbocycles. The van der Waals surface area contributed by atoms with Gasteiger partial charge in [0.2, 0.25) is 0 Å². The molecule has 0 bridgehead atoms. The van der Waals surface area contributed by atoms with Crippen LogP contribution in [0.4, 0.5) is 4.39 Å². The molecular formula is C10H11BrF. The zero-order chi connectivity index (χ0) is 9.14. The van der Waals surface area contributed by atoms with Gasteiger partial charge < -0.3 is 0 Å². The lowest BCUT2D eigenvalue weighted by molar-refractivity contribution is 0.597. The molecule has 0 amide bonds. The average molecular weight is 230 g/mol. The molecule has 0 aromatic heterocycles. The normalized spacial score (nSPS) is 13.0. The SMILES string of the molecule is [CH2]C(CBr)c1cccc(C)c1F. The minimum atomic E-state index is -0.128. The van der Waals surface area contributed by atoms with Crippen LogP contribution < -0.4 is 0 Å². The van der Waals surface area contributed by atoms with Crippen LogP contribution in [-0.4, -0.2) is 5.33 Å². The minimum Gasteiger partial charge on any atom is -0.206 e. The van der Waals surface area contributed by atoms with Gasteiger partial charge in [-0.2, -0.15) is 0 Å². The van der Waals surface area contributed by atoms with Crippen molar-refractivity contribution in [3.8, 4) is 0 Å². The predicted octanol–water partition coefficient (Wildman–Crippen LogP) is 3.45. The zero-order valence-corrected chi connectivity index (χ0v) is 8.57. The predicted molar refractivity (Wildman–Crippen MR) is 53.0 cm³/mol. The maximum Gasteiger partial charge on any atom is 0.129 e. The molecule has 0 saturated heterocycles. The highest BCUT2D eigenvalue weighted by atomic mass is 79.9. The molecule has 2 heteroatoms. The Morgan fingerprint density at radius 1 is 1.58 bits per heavy atom. The summed E-state index contributed by atoms with van der Waals surface area (Å²) >= 11 is 3.28. The Balaban J connectivity index is 3.07. The van der Waals surface area contributed by atoms with Gasteiger partial charge in [0.05, 0.1) is 0 Å². The van der Waals surface area contributed by atoms with Gasteiger partial charge in [-0.05, 0) is 30.9 Å². The number of hydrogen-bond donors (Lipinski definition) is 0. The van der Waals surface area contributed by atoms with Crippen LogP contribution >= 0.6 is 15.9 Å². The fourth-order valence-electron chi connectivity index (χ4n) is 1.07. The molecule has 0 saturated carbocycles. The summed E-state index contributed by atoms with van der Waals surface area (Å²) in [7, 11) is 0. The Morgan fingerprint density at radius 3 is 2.83 bits per heavy atom. The zero-order valence-electron chi connectivity index (χ0n) is 6.98. The van der Waals surface area contributed by atoms with Crippen molar-refractivity contribution in [3.63, 3.8) is 0 Å². The summed E-state index contributed by atoms with van der Waals surface area (Å²) < 4.78 is 13.4. The second-order valence-corrected chi connectivity index (χ2v) is 3.48. The fourth-order valence-corrected chi connectivity index (χ4v) is 1.42. The van der Waals surface area contributed by atoms with Gasteiger partial charge in [0.15, 0.2) is 0 Å². The van der Waals surface area contributed by atoms with Crippen LogP contribution in [0.3, 0.4) is 0 Å². The number of hydrogen-bond acceptors (Lipinski definition) is 0. The molecule has 0 aliphatic rings. The molecule has 1 radical (unpaired) electrons. The highest BCUT2D eigenvalue weighted by Gasteiger charge is 2.10. The van der Waals surface area contributed by atoms with E-state index in [1.165, 1.54) is 0 Å². The molecule has 12 heavy (non-hydrogen) atoms. The van der Waals surface area contributed by atoms with Gasteiger partial charge in [-0.15, -0.1) is 0 Å². The van der Waals surface area contributed by atoms with Crippen molar-refractivity contribution in [2.45, 2.75) is 12.8 Å². The molecule has 0 spiro atoms. The summed E-state index contributed by atoms with van der Waals surface area (Å²) in [5, 5.41) is 0.688. The highest BCUT2D eigenvalue weighted by molar-refractivity contribution is 9.09. The Bertz CT molecular complexity index is 271. The summed E-state index contributed by atoms with van der Waals surface area (Å²) in [6.45, 7) is 5.61. The highest BCUT2D eigenvalue weighted by Crippen LogP contribution is 2.22. The molecule has 1 atom stereocenters. The van der Waals surface area contributed by atoms with Crippen molar-refractivity contribution in [1.82, 2.24) is 0 Å². The van der Waals surface area contributed by atoms with Crippen LogP contribution in [0, 0.1) is 19.7 Å². The fraction of sp³-hybridized carbons (Fsp3) is 0.300. The lowest BCUT2D eigenvalue weighted by atomic mass is 10.0. The quantitative estimate of drug-likeness (QED) is 0.682. The summed E-state index contributed by atoms with van der Waals surface area (Å²) in [5.74, 6) is -0.137. The first kappa shape index (κ1) is 9.72. The molecule has 0 aliphatic carbocycles. The van der Waals surface area contributed by atoms with Crippen molar-refractivity contribution in [2.75, 3.05) is 5.33 Å². The Hall–Kier alpha value is -0.370. The standard InChI is InChI=1S/C10H11BrF/c1-7-4-3-5-9(10(7)12)8(2)6-11/h3-5,8H,2,6H2,1H3. The summed E-state index contributed by atoms with van der Waals surface area (Å²) in [6, 6.07) is 5.40. The minimum absolute atomic E-state index is 0.00935. The second kappa shape index (κ2) is 4.04. The molecule has 0 aliphatic heterocycles. The van der Waals surface area contributed by atoms with E-state index in [-0.39, 0.29) is 11.7 Å². The van der Waals surface area contributed by atoms with Gasteiger partial charge >= 0.3 is 0 Å². The molecule has 1 rings (SSSR count). The largest absolute Gasteiger partial charge is 0.206 e. The van der Waals surface area contributed by atoms with Crippen LogP contribution in [0.25, 0.3) is 0 Å². The molecule has 0 N–H and O–H groups in total. The Kier molecular flexibility index (Phi) is 3.27. The molecule has 0 nitrogen and oxygen atoms in total. The van der Waals surface area contributed by atoms with Gasteiger partial charge in [0.25, 0.3) is 0 Å². The van der Waals surface area contributed by atoms with Gasteiger partial charge in [0.1, 0.15) is 5.82 Å². The van der Waals surface area contributed by atoms with Crippen LogP contribution in [0.5, 0.6) is 0 Å². The summed E-state index contributed by atoms with van der Waals surface area (Å²) in [5.41, 5.74) is 1.37. The van der Waals surface area contributed by atoms with Crippen molar-refractivity contribution in [1.29, 1.82) is 0 Å². The van der Waals surface area contributed by atoms with Crippen LogP contribution in [0.1, 0.15) is 17.0 Å². The molecule has 65 valence electrons. The van der Waals surface area contributed by atoms with E-state index in [9.17, 15) is 4.39 Å². The third kappa shape index (κ3) is 1.86. The van der Waals surface area contributed by atoms with Crippen molar-refractivity contribution in [3.05, 3.63) is 42.1 Å². The Morgan fingerprint density at radius 2 is 2.25 bits per heavy atom. The van der Waals surface area contributed by atoms with Crippen molar-refractivity contribution < 1.29 is 4.39 Å². The number of halogens is 2. The first-order valence-corrected chi connectivity index (χ1v) is 4.93. The average Bonchev–Trinajstić information content (AvgIpc) is 2.08. The van der Waals surface area contributed by atoms with Crippen LogP contribution in [0.15, 0.2) is 18.2 Å². The topological polar surface area (TPSA) is 0 Å². The van der Waals surface area contributed by atoms with Gasteiger partial charge in [-0.25, -0.2) is 4.39 Å². The maximum atomic E-state index is 13.4. The number of alkyl halides is 1. The van der Waals surface area contributed by atoms with E-state index >= 15 is 0 Å². The second-order valence-electron chi connectivity index (χ2n) is 2.83. The molecular weight excluding hydrogens is 219 g/mol. The summed E-state index contributed by atoms with van der Waals surface area (Å²) in [4.78, 5) is 0. The van der Waals surface area contributed by atoms with Gasteiger partial charge in [-0.1, -0.05) is 34.1 Å². The van der Waals surface area contributed by atoms with E-state index < -0.39 is 0 Å². The molecule has 1 unspecified atom stereocenters. The summed E-state index contributed by atoms with van der Waals surface area (Å²) in [6.07, 6.45) is 0. The smallest absolute Gasteiger partial charge is 0.129 e. The number of rotatable bonds is 2. The first-order chi connectivity index (χ1) is 5.66. The van der Waals surface area contributed by atoms with E-state index in [1.54, 1.807) is 19.1 Å². The van der Waals surface area contributed by atoms with E-state index in [1.807, 2.05) is 6.07 Å². The molecule has 0 heterocycles. The van der Waals surface area contributed by atoms with Crippen molar-refractivity contribution in [2.24, 2.45) is 0 Å². The molecule has 0 fully saturated rings. The lowest BCUT2D eigenvalue weighted by Gasteiger charge is -2.10. The van der Waals surface area contributed by atoms with E-state index in [4.69, 9.17) is 0 Å². The first-order valence-electron chi connectivity index (χ1n) is 3.81. The third-order valence-corrected chi connectivity index (χ3v) is 2.63. The Labute approximate surface area is 80.9 Å². The van der Waals surface area contributed by atoms with Crippen LogP contribution in [0.2, 0.25) is 0 Å². The van der Waals surface area contributed by atoms with E-state index in [0.717, 1.165) is 0 Å². The van der Waals surface area contributed by atoms with Crippen molar-refractivity contribution >= 4 is 15.9 Å². The van der Waals surface area contributed by atoms with Gasteiger partial charge in [0, 0.05) is 5.33 Å². The number of benzene rings is 1.